The Labute approximate surface area is 138 Å². The fourth-order valence-corrected chi connectivity index (χ4v) is 3.11. The van der Waals surface area contributed by atoms with Crippen molar-refractivity contribution in [3.05, 3.63) is 53.6 Å². The molecule has 0 aliphatic rings. The van der Waals surface area contributed by atoms with Gasteiger partial charge in [0.2, 0.25) is 0 Å². The maximum atomic E-state index is 12.4. The number of nitrogens with two attached hydrogens (primary N) is 1. The standard InChI is InChI=1S/C17H17N3O2S/c1-10(11-3-6-13(22-2)7-4-11)19-16(21)12-5-8-14-15(9-12)23-17(18)20-14/h3-10H,1-2H3,(H2,18,20)(H,19,21). The average molecular weight is 327 g/mol. The molecule has 0 saturated heterocycles. The molecule has 1 unspecified atom stereocenters. The van der Waals surface area contributed by atoms with Crippen LogP contribution in [0, 0.1) is 0 Å². The minimum atomic E-state index is -0.123. The van der Waals surface area contributed by atoms with Gasteiger partial charge in [0.15, 0.2) is 5.13 Å². The molecule has 2 aromatic carbocycles. The smallest absolute Gasteiger partial charge is 0.251 e. The van der Waals surface area contributed by atoms with E-state index in [1.54, 1.807) is 13.2 Å². The van der Waals surface area contributed by atoms with Gasteiger partial charge in [-0.05, 0) is 42.8 Å². The van der Waals surface area contributed by atoms with Crippen molar-refractivity contribution < 1.29 is 9.53 Å². The number of amides is 1. The number of carbonyl (C=O) groups excluding carboxylic acids is 1. The lowest BCUT2D eigenvalue weighted by molar-refractivity contribution is 0.0940. The number of nitrogens with zero attached hydrogens (tertiary/aromatic N) is 1. The summed E-state index contributed by atoms with van der Waals surface area (Å²) >= 11 is 1.38. The molecule has 3 N–H and O–H groups in total. The number of methoxy groups -OCH3 is 1. The molecule has 0 radical (unpaired) electrons. The summed E-state index contributed by atoms with van der Waals surface area (Å²) in [5.41, 5.74) is 8.12. The number of nitrogen functional groups attached to an aromatic ring is 1. The van der Waals surface area contributed by atoms with Gasteiger partial charge in [-0.25, -0.2) is 4.98 Å². The minimum absolute atomic E-state index is 0.101. The zero-order chi connectivity index (χ0) is 16.4. The summed E-state index contributed by atoms with van der Waals surface area (Å²) in [5, 5.41) is 3.50. The van der Waals surface area contributed by atoms with Crippen molar-refractivity contribution in [1.82, 2.24) is 10.3 Å². The average Bonchev–Trinajstić information content (AvgIpc) is 2.93. The normalized spacial score (nSPS) is 12.1. The molecule has 0 aliphatic heterocycles. The number of benzene rings is 2. The molecule has 0 bridgehead atoms. The van der Waals surface area contributed by atoms with Crippen LogP contribution in [0.3, 0.4) is 0 Å². The van der Waals surface area contributed by atoms with E-state index in [9.17, 15) is 4.79 Å². The zero-order valence-electron chi connectivity index (χ0n) is 12.9. The van der Waals surface area contributed by atoms with Crippen molar-refractivity contribution >= 4 is 32.6 Å². The van der Waals surface area contributed by atoms with Gasteiger partial charge in [-0.2, -0.15) is 0 Å². The first-order valence-electron chi connectivity index (χ1n) is 7.17. The predicted octanol–water partition coefficient (Wildman–Crippen LogP) is 3.38. The molecule has 3 rings (SSSR count). The van der Waals surface area contributed by atoms with Crippen molar-refractivity contribution in [2.75, 3.05) is 12.8 Å². The maximum absolute atomic E-state index is 12.4. The van der Waals surface area contributed by atoms with Gasteiger partial charge in [0.1, 0.15) is 5.75 Å². The van der Waals surface area contributed by atoms with Gasteiger partial charge >= 0.3 is 0 Å². The molecule has 1 heterocycles. The summed E-state index contributed by atoms with van der Waals surface area (Å²) in [6, 6.07) is 12.9. The van der Waals surface area contributed by atoms with E-state index in [0.717, 1.165) is 21.5 Å². The number of nitrogens with one attached hydrogen (secondary N) is 1. The summed E-state index contributed by atoms with van der Waals surface area (Å²) in [7, 11) is 1.63. The predicted molar refractivity (Wildman–Crippen MR) is 92.9 cm³/mol. The zero-order valence-corrected chi connectivity index (χ0v) is 13.7. The molecule has 5 nitrogen and oxygen atoms in total. The van der Waals surface area contributed by atoms with Crippen molar-refractivity contribution in [3.8, 4) is 5.75 Å². The first kappa shape index (κ1) is 15.3. The second-order valence-corrected chi connectivity index (χ2v) is 6.27. The second-order valence-electron chi connectivity index (χ2n) is 5.20. The monoisotopic (exact) mass is 327 g/mol. The Kier molecular flexibility index (Phi) is 4.16. The molecular formula is C17H17N3O2S. The Balaban J connectivity index is 1.75. The highest BCUT2D eigenvalue weighted by atomic mass is 32.1. The fourth-order valence-electron chi connectivity index (χ4n) is 2.34. The Hall–Kier alpha value is -2.60. The number of ether oxygens (including phenoxy) is 1. The number of thiazole rings is 1. The Morgan fingerprint density at radius 1 is 1.26 bits per heavy atom. The molecule has 1 amide bonds. The second kappa shape index (κ2) is 6.26. The van der Waals surface area contributed by atoms with Crippen molar-refractivity contribution in [2.45, 2.75) is 13.0 Å². The number of carbonyl (C=O) groups is 1. The van der Waals surface area contributed by atoms with Crippen molar-refractivity contribution in [3.63, 3.8) is 0 Å². The molecule has 1 aromatic heterocycles. The molecule has 0 saturated carbocycles. The lowest BCUT2D eigenvalue weighted by Crippen LogP contribution is -2.26. The van der Waals surface area contributed by atoms with Crippen molar-refractivity contribution in [1.29, 1.82) is 0 Å². The van der Waals surface area contributed by atoms with Gasteiger partial charge in [0.05, 0.1) is 23.4 Å². The van der Waals surface area contributed by atoms with Crippen LogP contribution in [-0.2, 0) is 0 Å². The van der Waals surface area contributed by atoms with Crippen LogP contribution in [-0.4, -0.2) is 18.0 Å². The number of hydrogen-bond acceptors (Lipinski definition) is 5. The molecule has 0 fully saturated rings. The lowest BCUT2D eigenvalue weighted by Gasteiger charge is -2.15. The topological polar surface area (TPSA) is 77.2 Å². The fraction of sp³-hybridized carbons (Fsp3) is 0.176. The molecule has 23 heavy (non-hydrogen) atoms. The molecule has 6 heteroatoms. The van der Waals surface area contributed by atoms with Gasteiger partial charge in [-0.1, -0.05) is 23.5 Å². The van der Waals surface area contributed by atoms with E-state index in [-0.39, 0.29) is 11.9 Å². The summed E-state index contributed by atoms with van der Waals surface area (Å²) in [4.78, 5) is 16.6. The first-order chi connectivity index (χ1) is 11.1. The summed E-state index contributed by atoms with van der Waals surface area (Å²) in [5.74, 6) is 0.669. The molecule has 3 aromatic rings. The highest BCUT2D eigenvalue weighted by Crippen LogP contribution is 2.25. The van der Waals surface area contributed by atoms with Gasteiger partial charge in [0, 0.05) is 5.56 Å². The van der Waals surface area contributed by atoms with Gasteiger partial charge in [-0.15, -0.1) is 0 Å². The van der Waals surface area contributed by atoms with E-state index in [1.165, 1.54) is 11.3 Å². The van der Waals surface area contributed by atoms with Crippen LogP contribution in [0.4, 0.5) is 5.13 Å². The van der Waals surface area contributed by atoms with Gasteiger partial charge in [0.25, 0.3) is 5.91 Å². The van der Waals surface area contributed by atoms with E-state index in [1.807, 2.05) is 43.3 Å². The number of fused-ring (bicyclic) bond motifs is 1. The van der Waals surface area contributed by atoms with E-state index in [2.05, 4.69) is 10.3 Å². The lowest BCUT2D eigenvalue weighted by atomic mass is 10.1. The molecular weight excluding hydrogens is 310 g/mol. The Bertz CT molecular complexity index is 843. The van der Waals surface area contributed by atoms with E-state index < -0.39 is 0 Å². The molecule has 0 spiro atoms. The van der Waals surface area contributed by atoms with Gasteiger partial charge < -0.3 is 15.8 Å². The van der Waals surface area contributed by atoms with E-state index in [4.69, 9.17) is 10.5 Å². The highest BCUT2D eigenvalue weighted by Gasteiger charge is 2.13. The third-order valence-electron chi connectivity index (χ3n) is 3.63. The largest absolute Gasteiger partial charge is 0.497 e. The SMILES string of the molecule is COc1ccc(C(C)NC(=O)c2ccc3nc(N)sc3c2)cc1. The van der Waals surface area contributed by atoms with E-state index >= 15 is 0 Å². The molecule has 1 atom stereocenters. The number of rotatable bonds is 4. The molecule has 0 aliphatic carbocycles. The van der Waals surface area contributed by atoms with Crippen LogP contribution in [0.15, 0.2) is 42.5 Å². The minimum Gasteiger partial charge on any atom is -0.497 e. The van der Waals surface area contributed by atoms with Crippen LogP contribution < -0.4 is 15.8 Å². The quantitative estimate of drug-likeness (QED) is 0.770. The number of aromatic nitrogens is 1. The first-order valence-corrected chi connectivity index (χ1v) is 7.99. The Morgan fingerprint density at radius 3 is 2.70 bits per heavy atom. The van der Waals surface area contributed by atoms with Crippen LogP contribution >= 0.6 is 11.3 Å². The highest BCUT2D eigenvalue weighted by molar-refractivity contribution is 7.22. The van der Waals surface area contributed by atoms with Crippen LogP contribution in [0.5, 0.6) is 5.75 Å². The van der Waals surface area contributed by atoms with Crippen LogP contribution in [0.1, 0.15) is 28.9 Å². The third kappa shape index (κ3) is 3.27. The van der Waals surface area contributed by atoms with Crippen LogP contribution in [0.2, 0.25) is 0 Å². The van der Waals surface area contributed by atoms with Gasteiger partial charge in [-0.3, -0.25) is 4.79 Å². The molecule has 118 valence electrons. The van der Waals surface area contributed by atoms with E-state index in [0.29, 0.717) is 10.7 Å². The van der Waals surface area contributed by atoms with Crippen molar-refractivity contribution in [2.24, 2.45) is 0 Å². The number of hydrogen-bond donors (Lipinski definition) is 2. The maximum Gasteiger partial charge on any atom is 0.251 e. The Morgan fingerprint density at radius 2 is 2.00 bits per heavy atom. The summed E-state index contributed by atoms with van der Waals surface area (Å²) in [6.45, 7) is 1.95. The number of anilines is 1. The third-order valence-corrected chi connectivity index (χ3v) is 4.48. The van der Waals surface area contributed by atoms with Crippen LogP contribution in [0.25, 0.3) is 10.2 Å². The summed E-state index contributed by atoms with van der Waals surface area (Å²) in [6.07, 6.45) is 0. The summed E-state index contributed by atoms with van der Waals surface area (Å²) < 4.78 is 6.05.